The number of likely N-dealkylation sites (N-methyl/N-ethyl adjacent to an activating group) is 2. The van der Waals surface area contributed by atoms with Crippen molar-refractivity contribution in [3.63, 3.8) is 0 Å². The summed E-state index contributed by atoms with van der Waals surface area (Å²) in [4.78, 5) is 121. The summed E-state index contributed by atoms with van der Waals surface area (Å²) in [6.07, 6.45) is 5.42. The van der Waals surface area contributed by atoms with Gasteiger partial charge < -0.3 is 52.3 Å². The van der Waals surface area contributed by atoms with E-state index in [-0.39, 0.29) is 62.7 Å². The number of primary amides is 1. The number of aryl methyl sites for hydroxylation is 2. The lowest BCUT2D eigenvalue weighted by Crippen LogP contribution is -2.62. The third kappa shape index (κ3) is 11.8. The first-order valence-corrected chi connectivity index (χ1v) is 28.0. The maximum atomic E-state index is 15.3. The number of rotatable bonds is 16. The molecule has 2 aliphatic heterocycles. The number of carbonyl (C=O) groups excluding carboxylic acids is 8. The highest BCUT2D eigenvalue weighted by molar-refractivity contribution is 6.14. The second kappa shape index (κ2) is 23.0. The molecule has 1 saturated heterocycles. The van der Waals surface area contributed by atoms with Crippen LogP contribution in [0.15, 0.2) is 66.7 Å². The van der Waals surface area contributed by atoms with Gasteiger partial charge in [0, 0.05) is 25.2 Å². The Labute approximate surface area is 459 Å². The van der Waals surface area contributed by atoms with E-state index in [1.807, 2.05) is 84.0 Å². The molecule has 1 saturated carbocycles. The molecule has 2 heterocycles. The van der Waals surface area contributed by atoms with E-state index in [9.17, 15) is 19.2 Å². The summed E-state index contributed by atoms with van der Waals surface area (Å²) in [7, 11) is 3.31. The molecule has 0 aromatic heterocycles. The van der Waals surface area contributed by atoms with E-state index in [1.165, 1.54) is 14.7 Å². The SMILES string of the molecule is CN[C@@H](C)C(=O)N[C@H](C(=O)N1Cc2cc(N(C(=O)C3(C(N)=O)CC3)[C@H]3C[C@@H](C(=O)N[C@@H]4CCCc5ccccc54)N(C(=O)[C@@H](NC(=O)[C@H](C)NC)C(C)(C)C)C3)ccc2C[C@H]1C(=O)N[C@@H]1CCCc2ccccc21)C(C)(C)C. The summed E-state index contributed by atoms with van der Waals surface area (Å²) in [5, 5.41) is 18.4. The largest absolute Gasteiger partial charge is 0.369 e. The molecular weight excluding hydrogens is 989 g/mol. The van der Waals surface area contributed by atoms with Crippen LogP contribution in [0.5, 0.6) is 0 Å². The minimum Gasteiger partial charge on any atom is -0.369 e. The lowest BCUT2D eigenvalue weighted by atomic mass is 9.83. The van der Waals surface area contributed by atoms with Crippen LogP contribution >= 0.6 is 0 Å². The molecule has 0 bridgehead atoms. The van der Waals surface area contributed by atoms with Crippen molar-refractivity contribution in [2.75, 3.05) is 25.5 Å². The van der Waals surface area contributed by atoms with Crippen LogP contribution in [0, 0.1) is 16.2 Å². The van der Waals surface area contributed by atoms with Gasteiger partial charge in [-0.2, -0.15) is 0 Å². The van der Waals surface area contributed by atoms with Gasteiger partial charge in [-0.1, -0.05) is 96.1 Å². The zero-order chi connectivity index (χ0) is 56.6. The fraction of sp³-hybridized carbons (Fsp3) is 0.567. The molecule has 8 N–H and O–H groups in total. The Morgan fingerprint density at radius 1 is 0.641 bits per heavy atom. The van der Waals surface area contributed by atoms with Crippen LogP contribution in [0.2, 0.25) is 0 Å². The summed E-state index contributed by atoms with van der Waals surface area (Å²) in [6, 6.07) is 14.5. The average molecular weight is 1070 g/mol. The van der Waals surface area contributed by atoms with E-state index in [2.05, 4.69) is 44.0 Å². The Bertz CT molecular complexity index is 2820. The molecule has 78 heavy (non-hydrogen) atoms. The first kappa shape index (κ1) is 57.5. The molecule has 0 spiro atoms. The first-order chi connectivity index (χ1) is 36.9. The molecule has 3 aromatic carbocycles. The molecule has 9 atom stereocenters. The van der Waals surface area contributed by atoms with Gasteiger partial charge in [0.25, 0.3) is 0 Å². The lowest BCUT2D eigenvalue weighted by molar-refractivity contribution is -0.147. The minimum absolute atomic E-state index is 0.0174. The van der Waals surface area contributed by atoms with Gasteiger partial charge in [-0.25, -0.2) is 0 Å². The highest BCUT2D eigenvalue weighted by atomic mass is 16.2. The molecule has 8 rings (SSSR count). The summed E-state index contributed by atoms with van der Waals surface area (Å²) < 4.78 is 0. The molecule has 18 nitrogen and oxygen atoms in total. The van der Waals surface area contributed by atoms with Crippen LogP contribution in [0.25, 0.3) is 0 Å². The van der Waals surface area contributed by atoms with E-state index >= 15 is 19.2 Å². The van der Waals surface area contributed by atoms with Crippen molar-refractivity contribution in [2.24, 2.45) is 22.0 Å². The van der Waals surface area contributed by atoms with E-state index in [1.54, 1.807) is 40.1 Å². The van der Waals surface area contributed by atoms with Gasteiger partial charge in [-0.15, -0.1) is 0 Å². The fourth-order valence-corrected chi connectivity index (χ4v) is 11.9. The molecule has 420 valence electrons. The monoisotopic (exact) mass is 1070 g/mol. The Morgan fingerprint density at radius 2 is 1.13 bits per heavy atom. The maximum absolute atomic E-state index is 15.3. The Kier molecular flexibility index (Phi) is 16.9. The van der Waals surface area contributed by atoms with Gasteiger partial charge in [0.05, 0.1) is 30.2 Å². The summed E-state index contributed by atoms with van der Waals surface area (Å²) in [6.45, 7) is 14.3. The molecule has 18 heteroatoms. The van der Waals surface area contributed by atoms with E-state index < -0.39 is 94.0 Å². The quantitative estimate of drug-likeness (QED) is 0.101. The minimum atomic E-state index is -1.53. The van der Waals surface area contributed by atoms with Crippen molar-refractivity contribution in [3.8, 4) is 0 Å². The number of nitrogens with zero attached hydrogens (tertiary/aromatic N) is 3. The lowest BCUT2D eigenvalue weighted by Gasteiger charge is -2.42. The van der Waals surface area contributed by atoms with Gasteiger partial charge in [-0.05, 0) is 142 Å². The number of hydrogen-bond donors (Lipinski definition) is 7. The highest BCUT2D eigenvalue weighted by Gasteiger charge is 2.59. The van der Waals surface area contributed by atoms with E-state index in [0.717, 1.165) is 59.9 Å². The number of amides is 8. The van der Waals surface area contributed by atoms with E-state index in [0.29, 0.717) is 17.7 Å². The van der Waals surface area contributed by atoms with Crippen LogP contribution < -0.4 is 42.5 Å². The number of nitrogens with one attached hydrogen (secondary N) is 6. The molecule has 5 aliphatic rings. The van der Waals surface area contributed by atoms with Crippen LogP contribution in [0.3, 0.4) is 0 Å². The molecule has 2 fully saturated rings. The third-order valence-corrected chi connectivity index (χ3v) is 17.1. The van der Waals surface area contributed by atoms with Crippen LogP contribution in [0.1, 0.15) is 146 Å². The zero-order valence-electron chi connectivity index (χ0n) is 47.2. The van der Waals surface area contributed by atoms with Crippen molar-refractivity contribution in [3.05, 3.63) is 100 Å². The first-order valence-electron chi connectivity index (χ1n) is 28.0. The molecule has 0 radical (unpaired) electrons. The van der Waals surface area contributed by atoms with Crippen molar-refractivity contribution in [1.82, 2.24) is 41.7 Å². The van der Waals surface area contributed by atoms with Crippen LogP contribution in [-0.2, 0) is 64.2 Å². The Hall–Kier alpha value is -6.66. The topological polar surface area (TPSA) is 244 Å². The van der Waals surface area contributed by atoms with Gasteiger partial charge in [0.1, 0.15) is 29.6 Å². The number of fused-ring (bicyclic) bond motifs is 3. The molecule has 0 unspecified atom stereocenters. The van der Waals surface area contributed by atoms with Crippen molar-refractivity contribution in [2.45, 2.75) is 181 Å². The Morgan fingerprint density at radius 3 is 1.60 bits per heavy atom. The fourth-order valence-electron chi connectivity index (χ4n) is 11.9. The molecule has 3 aromatic rings. The Balaban J connectivity index is 1.19. The van der Waals surface area contributed by atoms with E-state index in [4.69, 9.17) is 5.73 Å². The van der Waals surface area contributed by atoms with Gasteiger partial charge >= 0.3 is 0 Å². The second-order valence-electron chi connectivity index (χ2n) is 24.6. The number of carbonyl (C=O) groups is 8. The van der Waals surface area contributed by atoms with Gasteiger partial charge in [0.15, 0.2) is 0 Å². The number of benzene rings is 3. The van der Waals surface area contributed by atoms with Crippen molar-refractivity contribution < 1.29 is 38.4 Å². The number of hydrogen-bond acceptors (Lipinski definition) is 10. The zero-order valence-corrected chi connectivity index (χ0v) is 47.2. The number of likely N-dealkylation sites (tertiary alicyclic amines) is 1. The summed E-state index contributed by atoms with van der Waals surface area (Å²) >= 11 is 0. The number of anilines is 1. The summed E-state index contributed by atoms with van der Waals surface area (Å²) in [5.41, 5.74) is 8.99. The van der Waals surface area contributed by atoms with Crippen LogP contribution in [-0.4, -0.2) is 120 Å². The van der Waals surface area contributed by atoms with Gasteiger partial charge in [0.2, 0.25) is 47.3 Å². The van der Waals surface area contributed by atoms with Gasteiger partial charge in [-0.3, -0.25) is 38.4 Å². The maximum Gasteiger partial charge on any atom is 0.246 e. The second-order valence-corrected chi connectivity index (χ2v) is 24.6. The average Bonchev–Trinajstić information content (AvgIpc) is 4.34. The van der Waals surface area contributed by atoms with Crippen molar-refractivity contribution in [1.29, 1.82) is 0 Å². The predicted molar refractivity (Wildman–Crippen MR) is 297 cm³/mol. The third-order valence-electron chi connectivity index (χ3n) is 17.1. The van der Waals surface area contributed by atoms with Crippen LogP contribution in [0.4, 0.5) is 5.69 Å². The van der Waals surface area contributed by atoms with Crippen molar-refractivity contribution >= 4 is 52.9 Å². The molecular formula is C60H82N10O8. The highest BCUT2D eigenvalue weighted by Crippen LogP contribution is 2.49. The standard InChI is InChI=1S/C60H82N10O8/c1-34(62-9)50(71)66-48(58(3,4)5)54(75)68-32-39-29-40(26-25-38(39)30-46(68)52(73)64-44-23-15-19-36-17-11-13-21-42(36)44)70(57(78)60(27-28-60)56(61)77)41-31-47(53(74)65-45-24-16-20-37-18-12-14-22-43(37)45)69(33-41)55(76)49(59(6,7)8)67-51(72)35(2)63-10/h11-14,17-18,21-22,25-26,29,34-35,41,44-49,62-63H,15-16,19-20,23-24,27-28,30-33H2,1-10H3,(H2,61,77)(H,64,73)(H,65,74)(H,66,71)(H,67,72)/t34-,35-,41-,44+,45+,46-,47-,48+,49+/m0/s1. The normalized spacial score (nSPS) is 22.9. The molecule has 3 aliphatic carbocycles. The number of nitrogens with two attached hydrogens (primary N) is 1. The predicted octanol–water partition coefficient (Wildman–Crippen LogP) is 4.17. The smallest absolute Gasteiger partial charge is 0.246 e. The summed E-state index contributed by atoms with van der Waals surface area (Å²) in [5.74, 6) is -3.84. The molecule has 8 amide bonds.